The molecule has 4 heterocycles. The molecule has 5 rings (SSSR count). The van der Waals surface area contributed by atoms with E-state index in [2.05, 4.69) is 16.0 Å². The third-order valence-corrected chi connectivity index (χ3v) is 7.41. The quantitative estimate of drug-likeness (QED) is 0.447. The number of benzene rings is 1. The van der Waals surface area contributed by atoms with E-state index in [4.69, 9.17) is 10.00 Å². The van der Waals surface area contributed by atoms with Crippen molar-refractivity contribution < 1.29 is 13.7 Å². The van der Waals surface area contributed by atoms with Crippen LogP contribution < -0.4 is 0 Å². The zero-order valence-corrected chi connectivity index (χ0v) is 19.4. The Balaban J connectivity index is 1.55. The highest BCUT2D eigenvalue weighted by molar-refractivity contribution is 7.84. The lowest BCUT2D eigenvalue weighted by Crippen LogP contribution is -2.40. The molecular weight excluding hydrogens is 458 g/mol. The van der Waals surface area contributed by atoms with Crippen LogP contribution in [0.2, 0.25) is 0 Å². The van der Waals surface area contributed by atoms with Crippen molar-refractivity contribution in [2.24, 2.45) is 0 Å². The van der Waals surface area contributed by atoms with Crippen molar-refractivity contribution in [2.45, 2.75) is 4.90 Å². The van der Waals surface area contributed by atoms with Gasteiger partial charge in [-0.2, -0.15) is 5.26 Å². The van der Waals surface area contributed by atoms with Gasteiger partial charge >= 0.3 is 0 Å². The Morgan fingerprint density at radius 1 is 1.21 bits per heavy atom. The molecule has 0 N–H and O–H groups in total. The highest BCUT2D eigenvalue weighted by Crippen LogP contribution is 2.29. The molecule has 0 bridgehead atoms. The molecule has 4 aromatic rings. The summed E-state index contributed by atoms with van der Waals surface area (Å²) in [7, 11) is -1.23. The molecule has 166 valence electrons. The van der Waals surface area contributed by atoms with Gasteiger partial charge in [-0.15, -0.1) is 11.3 Å². The van der Waals surface area contributed by atoms with Gasteiger partial charge in [0.25, 0.3) is 5.91 Å². The standard InChI is InChI=1S/C23H19N5O3S2/c1-33(30)21-13-28(23-25-11-17(12-26-23)20-8-15(10-24)14-32-20)19-9-16(2-3-18(19)21)22(29)27-4-6-31-7-5-27/h2-3,8-9,11-14H,4-7H2,1H3. The van der Waals surface area contributed by atoms with E-state index in [-0.39, 0.29) is 5.91 Å². The molecular formula is C23H19N5O3S2. The fourth-order valence-electron chi connectivity index (χ4n) is 3.79. The van der Waals surface area contributed by atoms with Crippen molar-refractivity contribution in [1.29, 1.82) is 5.26 Å². The number of ether oxygens (including phenoxy) is 1. The topological polar surface area (TPSA) is 101 Å². The lowest BCUT2D eigenvalue weighted by atomic mass is 10.1. The number of aromatic nitrogens is 3. The molecule has 33 heavy (non-hydrogen) atoms. The fourth-order valence-corrected chi connectivity index (χ4v) is 5.34. The monoisotopic (exact) mass is 477 g/mol. The second kappa shape index (κ2) is 8.86. The van der Waals surface area contributed by atoms with Crippen LogP contribution in [0, 0.1) is 11.3 Å². The Morgan fingerprint density at radius 2 is 1.97 bits per heavy atom. The van der Waals surface area contributed by atoms with Gasteiger partial charge in [0.1, 0.15) is 6.07 Å². The number of hydrogen-bond acceptors (Lipinski definition) is 7. The van der Waals surface area contributed by atoms with Crippen LogP contribution in [0.1, 0.15) is 15.9 Å². The molecule has 8 nitrogen and oxygen atoms in total. The number of nitrogens with zero attached hydrogens (tertiary/aromatic N) is 5. The minimum atomic E-state index is -1.23. The van der Waals surface area contributed by atoms with E-state index >= 15 is 0 Å². The molecule has 1 saturated heterocycles. The maximum atomic E-state index is 13.0. The number of nitriles is 1. The summed E-state index contributed by atoms with van der Waals surface area (Å²) >= 11 is 1.46. The summed E-state index contributed by atoms with van der Waals surface area (Å²) in [5, 5.41) is 11.6. The average Bonchev–Trinajstić information content (AvgIpc) is 3.49. The highest BCUT2D eigenvalue weighted by Gasteiger charge is 2.21. The van der Waals surface area contributed by atoms with Crippen LogP contribution in [0.4, 0.5) is 0 Å². The molecule has 0 aliphatic carbocycles. The first-order valence-electron chi connectivity index (χ1n) is 10.2. The third-order valence-electron chi connectivity index (χ3n) is 5.49. The summed E-state index contributed by atoms with van der Waals surface area (Å²) in [6.07, 6.45) is 6.79. The van der Waals surface area contributed by atoms with Crippen molar-refractivity contribution in [3.63, 3.8) is 0 Å². The molecule has 3 aromatic heterocycles. The molecule has 1 aromatic carbocycles. The smallest absolute Gasteiger partial charge is 0.254 e. The second-order valence-corrected chi connectivity index (χ2v) is 9.80. The Hall–Kier alpha value is -3.39. The zero-order chi connectivity index (χ0) is 22.9. The largest absolute Gasteiger partial charge is 0.378 e. The Bertz CT molecular complexity index is 1410. The first-order chi connectivity index (χ1) is 16.0. The molecule has 0 spiro atoms. The molecule has 1 fully saturated rings. The maximum Gasteiger partial charge on any atom is 0.254 e. The maximum absolute atomic E-state index is 13.0. The van der Waals surface area contributed by atoms with Crippen LogP contribution in [-0.2, 0) is 15.5 Å². The van der Waals surface area contributed by atoms with E-state index in [1.165, 1.54) is 11.3 Å². The molecule has 10 heteroatoms. The second-order valence-electron chi connectivity index (χ2n) is 7.54. The van der Waals surface area contributed by atoms with Gasteiger partial charge in [0, 0.05) is 64.7 Å². The molecule has 1 atom stereocenters. The zero-order valence-electron chi connectivity index (χ0n) is 17.7. The van der Waals surface area contributed by atoms with Gasteiger partial charge in [-0.3, -0.25) is 13.6 Å². The number of thiophene rings is 1. The molecule has 1 aliphatic heterocycles. The first-order valence-corrected chi connectivity index (χ1v) is 12.7. The lowest BCUT2D eigenvalue weighted by molar-refractivity contribution is 0.0303. The molecule has 1 aliphatic rings. The van der Waals surface area contributed by atoms with Crippen LogP contribution in [0.15, 0.2) is 53.1 Å². The molecule has 1 amide bonds. The van der Waals surface area contributed by atoms with Crippen LogP contribution in [0.3, 0.4) is 0 Å². The number of carbonyl (C=O) groups is 1. The van der Waals surface area contributed by atoms with Crippen LogP contribution in [0.5, 0.6) is 0 Å². The van der Waals surface area contributed by atoms with Gasteiger partial charge < -0.3 is 9.64 Å². The molecule has 0 radical (unpaired) electrons. The normalized spacial score (nSPS) is 14.8. The third kappa shape index (κ3) is 4.06. The SMILES string of the molecule is CS(=O)c1cn(-c2ncc(-c3cc(C#N)cs3)cn2)c2cc(C(=O)N3CCOCC3)ccc12. The molecule has 1 unspecified atom stereocenters. The Kier molecular flexibility index (Phi) is 5.76. The van der Waals surface area contributed by atoms with Gasteiger partial charge in [-0.25, -0.2) is 9.97 Å². The van der Waals surface area contributed by atoms with Gasteiger partial charge in [-0.05, 0) is 18.2 Å². The number of fused-ring (bicyclic) bond motifs is 1. The number of carbonyl (C=O) groups excluding carboxylic acids is 1. The van der Waals surface area contributed by atoms with E-state index < -0.39 is 10.8 Å². The minimum absolute atomic E-state index is 0.0608. The highest BCUT2D eigenvalue weighted by atomic mass is 32.2. The van der Waals surface area contributed by atoms with E-state index in [1.807, 2.05) is 6.07 Å². The van der Waals surface area contributed by atoms with Crippen molar-refractivity contribution in [3.8, 4) is 22.5 Å². The summed E-state index contributed by atoms with van der Waals surface area (Å²) in [6, 6.07) is 9.34. The minimum Gasteiger partial charge on any atom is -0.378 e. The Labute approximate surface area is 196 Å². The summed E-state index contributed by atoms with van der Waals surface area (Å²) in [6.45, 7) is 2.18. The van der Waals surface area contributed by atoms with Crippen LogP contribution in [0.25, 0.3) is 27.3 Å². The predicted octanol–water partition coefficient (Wildman–Crippen LogP) is 3.23. The lowest BCUT2D eigenvalue weighted by Gasteiger charge is -2.26. The number of rotatable bonds is 4. The van der Waals surface area contributed by atoms with Crippen molar-refractivity contribution in [2.75, 3.05) is 32.6 Å². The van der Waals surface area contributed by atoms with Gasteiger partial charge in [0.15, 0.2) is 0 Å². The first kappa shape index (κ1) is 21.5. The van der Waals surface area contributed by atoms with E-state index in [1.54, 1.807) is 57.9 Å². The van der Waals surface area contributed by atoms with E-state index in [0.717, 1.165) is 21.3 Å². The van der Waals surface area contributed by atoms with Crippen molar-refractivity contribution in [1.82, 2.24) is 19.4 Å². The van der Waals surface area contributed by atoms with Crippen LogP contribution in [-0.4, -0.2) is 62.1 Å². The van der Waals surface area contributed by atoms with Crippen molar-refractivity contribution in [3.05, 3.63) is 59.4 Å². The summed E-state index contributed by atoms with van der Waals surface area (Å²) in [5.74, 6) is 0.350. The van der Waals surface area contributed by atoms with Crippen LogP contribution >= 0.6 is 11.3 Å². The summed E-state index contributed by atoms with van der Waals surface area (Å²) < 4.78 is 19.5. The molecule has 0 saturated carbocycles. The number of morpholine rings is 1. The number of hydrogen-bond donors (Lipinski definition) is 0. The summed E-state index contributed by atoms with van der Waals surface area (Å²) in [5.41, 5.74) is 2.68. The number of amides is 1. The van der Waals surface area contributed by atoms with Gasteiger partial charge in [-0.1, -0.05) is 6.07 Å². The Morgan fingerprint density at radius 3 is 2.64 bits per heavy atom. The van der Waals surface area contributed by atoms with E-state index in [0.29, 0.717) is 48.3 Å². The van der Waals surface area contributed by atoms with E-state index in [9.17, 15) is 9.00 Å². The average molecular weight is 478 g/mol. The van der Waals surface area contributed by atoms with Gasteiger partial charge in [0.05, 0.1) is 40.0 Å². The summed E-state index contributed by atoms with van der Waals surface area (Å²) in [4.78, 5) is 25.4. The fraction of sp³-hybridized carbons (Fsp3) is 0.217. The predicted molar refractivity (Wildman–Crippen MR) is 126 cm³/mol. The van der Waals surface area contributed by atoms with Crippen molar-refractivity contribution >= 4 is 38.9 Å². The van der Waals surface area contributed by atoms with Gasteiger partial charge in [0.2, 0.25) is 5.95 Å².